The number of esters is 3. The van der Waals surface area contributed by atoms with Gasteiger partial charge < -0.3 is 89.1 Å². The van der Waals surface area contributed by atoms with Gasteiger partial charge in [-0.3, -0.25) is 23.4 Å². The van der Waals surface area contributed by atoms with Gasteiger partial charge >= 0.3 is 25.7 Å². The fourth-order valence-electron chi connectivity index (χ4n) is 13.1. The van der Waals surface area contributed by atoms with Gasteiger partial charge in [0.1, 0.15) is 98.7 Å². The zero-order chi connectivity index (χ0) is 71.8. The summed E-state index contributed by atoms with van der Waals surface area (Å²) in [5.74, 6) is -1.97. The van der Waals surface area contributed by atoms with Crippen LogP contribution in [-0.4, -0.2) is 204 Å². The summed E-state index contributed by atoms with van der Waals surface area (Å²) < 4.78 is 65.1. The molecule has 3 fully saturated rings. The molecular formula is C73H137O24P. The van der Waals surface area contributed by atoms with Crippen molar-refractivity contribution in [2.45, 2.75) is 420 Å². The third-order valence-corrected chi connectivity index (χ3v) is 20.4. The van der Waals surface area contributed by atoms with Gasteiger partial charge in [0.2, 0.25) is 0 Å². The Morgan fingerprint density at radius 3 is 1.00 bits per heavy atom. The summed E-state index contributed by atoms with van der Waals surface area (Å²) >= 11 is 0. The summed E-state index contributed by atoms with van der Waals surface area (Å²) in [6.45, 7) is 3.48. The number of carbonyl (C=O) groups is 3. The van der Waals surface area contributed by atoms with Crippen LogP contribution in [0.1, 0.15) is 316 Å². The number of rotatable bonds is 61. The van der Waals surface area contributed by atoms with E-state index < -0.39 is 156 Å². The Balaban J connectivity index is 1.71. The molecule has 18 atom stereocenters. The van der Waals surface area contributed by atoms with Gasteiger partial charge in [-0.15, -0.1) is 0 Å². The Bertz CT molecular complexity index is 2030. The van der Waals surface area contributed by atoms with E-state index in [2.05, 4.69) is 20.8 Å². The van der Waals surface area contributed by atoms with E-state index in [0.29, 0.717) is 19.3 Å². The van der Waals surface area contributed by atoms with Gasteiger partial charge in [-0.1, -0.05) is 278 Å². The summed E-state index contributed by atoms with van der Waals surface area (Å²) in [7, 11) is -5.69. The van der Waals surface area contributed by atoms with E-state index in [0.717, 1.165) is 89.9 Å². The van der Waals surface area contributed by atoms with Crippen LogP contribution in [-0.2, 0) is 61.2 Å². The van der Waals surface area contributed by atoms with Gasteiger partial charge in [-0.2, -0.15) is 0 Å². The molecule has 0 amide bonds. The molecule has 3 rings (SSSR count). The predicted molar refractivity (Wildman–Crippen MR) is 370 cm³/mol. The fraction of sp³-hybridized carbons (Fsp3) is 0.959. The van der Waals surface area contributed by atoms with Crippen molar-refractivity contribution >= 4 is 25.7 Å². The Morgan fingerprint density at radius 2 is 0.653 bits per heavy atom. The van der Waals surface area contributed by atoms with E-state index in [1.54, 1.807) is 0 Å². The van der Waals surface area contributed by atoms with E-state index in [1.165, 1.54) is 167 Å². The first-order valence-electron chi connectivity index (χ1n) is 38.8. The molecule has 0 aromatic carbocycles. The van der Waals surface area contributed by atoms with Crippen molar-refractivity contribution in [3.8, 4) is 0 Å². The van der Waals surface area contributed by atoms with Crippen LogP contribution in [0.3, 0.4) is 0 Å². The van der Waals surface area contributed by atoms with Crippen molar-refractivity contribution in [3.63, 3.8) is 0 Å². The van der Waals surface area contributed by atoms with Crippen LogP contribution < -0.4 is 0 Å². The average molecular weight is 1430 g/mol. The molecule has 0 spiro atoms. The summed E-state index contributed by atoms with van der Waals surface area (Å²) in [6.07, 6.45) is 13.0. The number of carbonyl (C=O) groups excluding carboxylic acids is 3. The molecule has 0 radical (unpaired) electrons. The van der Waals surface area contributed by atoms with Crippen LogP contribution >= 0.6 is 7.82 Å². The van der Waals surface area contributed by atoms with E-state index in [9.17, 15) is 74.9 Å². The quantitative estimate of drug-likeness (QED) is 0.0117. The van der Waals surface area contributed by atoms with Crippen LogP contribution in [0.4, 0.5) is 0 Å². The maximum atomic E-state index is 14.3. The predicted octanol–water partition coefficient (Wildman–Crippen LogP) is 11.0. The first-order chi connectivity index (χ1) is 47.3. The molecule has 1 saturated carbocycles. The van der Waals surface area contributed by atoms with Gasteiger partial charge in [0.25, 0.3) is 0 Å². The number of hydrogen-bond acceptors (Lipinski definition) is 23. The molecule has 2 aliphatic heterocycles. The standard InChI is InChI=1S/C73H137O24P/c1-4-7-10-13-16-19-22-25-27-28-31-33-36-39-42-45-48-58(76)90-53-56-61(79)63(81)68(86)73(94-56)96-70-66(84)64(82)65(83)69(95-72-67(85)62(80)60(78)55(50-74)93-72)71(70)97-98(87,88)91-52-54(51-89-57(75)47-44-41-38-35-32-29-24-21-18-15-12-9-6-3)92-59(77)49-46-43-40-37-34-30-26-23-20-17-14-11-8-5-2/h54-56,60-74,78-86H,4-53H2,1-3H3,(H,87,88). The maximum absolute atomic E-state index is 14.3. The number of aliphatic hydroxyl groups is 10. The largest absolute Gasteiger partial charge is 0.472 e. The minimum absolute atomic E-state index is 0.0332. The molecule has 2 saturated heterocycles. The molecule has 0 aromatic heterocycles. The van der Waals surface area contributed by atoms with Crippen molar-refractivity contribution in [1.29, 1.82) is 0 Å². The summed E-state index contributed by atoms with van der Waals surface area (Å²) in [6, 6.07) is 0. The van der Waals surface area contributed by atoms with Gasteiger partial charge in [-0.05, 0) is 19.3 Å². The molecule has 1 aliphatic carbocycles. The molecule has 98 heavy (non-hydrogen) atoms. The molecule has 0 bridgehead atoms. The van der Waals surface area contributed by atoms with Crippen molar-refractivity contribution in [2.75, 3.05) is 26.4 Å². The number of phosphoric acid groups is 1. The number of hydrogen-bond donors (Lipinski definition) is 11. The normalized spacial score (nSPS) is 27.6. The highest BCUT2D eigenvalue weighted by molar-refractivity contribution is 7.47. The number of unbranched alkanes of at least 4 members (excludes halogenated alkanes) is 40. The highest BCUT2D eigenvalue weighted by Gasteiger charge is 2.58. The minimum Gasteiger partial charge on any atom is -0.463 e. The van der Waals surface area contributed by atoms with E-state index in [1.807, 2.05) is 0 Å². The molecule has 3 aliphatic rings. The van der Waals surface area contributed by atoms with Crippen molar-refractivity contribution in [2.24, 2.45) is 0 Å². The summed E-state index contributed by atoms with van der Waals surface area (Å²) in [5, 5.41) is 110. The Labute approximate surface area is 587 Å². The van der Waals surface area contributed by atoms with Crippen LogP contribution in [0.2, 0.25) is 0 Å². The van der Waals surface area contributed by atoms with E-state index in [4.69, 9.17) is 42.2 Å². The number of phosphoric ester groups is 1. The van der Waals surface area contributed by atoms with Gasteiger partial charge in [-0.25, -0.2) is 4.57 Å². The lowest BCUT2D eigenvalue weighted by Crippen LogP contribution is -2.69. The molecule has 24 nitrogen and oxygen atoms in total. The van der Waals surface area contributed by atoms with E-state index >= 15 is 0 Å². The molecular weight excluding hydrogens is 1290 g/mol. The number of aliphatic hydroxyl groups excluding tert-OH is 10. The van der Waals surface area contributed by atoms with Crippen LogP contribution in [0.25, 0.3) is 0 Å². The highest BCUT2D eigenvalue weighted by Crippen LogP contribution is 2.49. The molecule has 11 N–H and O–H groups in total. The van der Waals surface area contributed by atoms with Crippen LogP contribution in [0.15, 0.2) is 0 Å². The maximum Gasteiger partial charge on any atom is 0.472 e. The van der Waals surface area contributed by atoms with Crippen molar-refractivity contribution in [3.05, 3.63) is 0 Å². The molecule has 2 heterocycles. The van der Waals surface area contributed by atoms with Gasteiger partial charge in [0.05, 0.1) is 13.2 Å². The van der Waals surface area contributed by atoms with Crippen molar-refractivity contribution in [1.82, 2.24) is 0 Å². The van der Waals surface area contributed by atoms with Gasteiger partial charge in [0.15, 0.2) is 18.7 Å². The zero-order valence-corrected chi connectivity index (χ0v) is 61.2. The molecule has 25 heteroatoms. The van der Waals surface area contributed by atoms with Crippen LogP contribution in [0.5, 0.6) is 0 Å². The zero-order valence-electron chi connectivity index (χ0n) is 60.3. The fourth-order valence-corrected chi connectivity index (χ4v) is 14.0. The Hall–Kier alpha value is -2.04. The molecule has 578 valence electrons. The third kappa shape index (κ3) is 38.1. The summed E-state index contributed by atoms with van der Waals surface area (Å²) in [4.78, 5) is 51.0. The van der Waals surface area contributed by atoms with Crippen LogP contribution in [0, 0.1) is 0 Å². The molecule has 0 aromatic rings. The minimum atomic E-state index is -5.69. The van der Waals surface area contributed by atoms with Gasteiger partial charge in [0, 0.05) is 19.3 Å². The first-order valence-corrected chi connectivity index (χ1v) is 40.3. The first kappa shape index (κ1) is 90.2. The highest BCUT2D eigenvalue weighted by atomic mass is 31.2. The monoisotopic (exact) mass is 1430 g/mol. The van der Waals surface area contributed by atoms with Crippen molar-refractivity contribution < 1.29 is 117 Å². The average Bonchev–Trinajstić information content (AvgIpc) is 0.764. The topological polar surface area (TPSA) is 374 Å². The number of ether oxygens (including phenoxy) is 7. The third-order valence-electron chi connectivity index (χ3n) is 19.4. The lowest BCUT2D eigenvalue weighted by atomic mass is 9.84. The lowest BCUT2D eigenvalue weighted by molar-refractivity contribution is -0.360. The summed E-state index contributed by atoms with van der Waals surface area (Å²) in [5.41, 5.74) is 0. The SMILES string of the molecule is CCCCCCCCCCCCCCCCCCC(=O)OCC1OC(OC2C(O)C(O)C(O)C(OC3OC(CO)C(O)C(O)C3O)C2OP(=O)(O)OCC(COC(=O)CCCCCCCCCCCCCCC)OC(=O)CCCCCCCCCCCCCCCC)C(O)C(O)C1O. The lowest BCUT2D eigenvalue weighted by Gasteiger charge is -2.49. The Morgan fingerprint density at radius 1 is 0.357 bits per heavy atom. The Kier molecular flexibility index (Phi) is 51.0. The molecule has 18 unspecified atom stereocenters. The smallest absolute Gasteiger partial charge is 0.463 e. The second-order valence-corrected chi connectivity index (χ2v) is 29.5. The van der Waals surface area contributed by atoms with E-state index in [-0.39, 0.29) is 19.3 Å². The second kappa shape index (κ2) is 55.4. The second-order valence-electron chi connectivity index (χ2n) is 28.1.